The highest BCUT2D eigenvalue weighted by molar-refractivity contribution is 5.88. The van der Waals surface area contributed by atoms with Gasteiger partial charge in [0.25, 0.3) is 0 Å². The molecule has 2 fully saturated rings. The van der Waals surface area contributed by atoms with Crippen LogP contribution in [0.3, 0.4) is 0 Å². The van der Waals surface area contributed by atoms with E-state index >= 15 is 0 Å². The molecule has 0 unspecified atom stereocenters. The average Bonchev–Trinajstić information content (AvgIpc) is 2.48. The number of nitrogens with one attached hydrogen (secondary N) is 2. The first-order valence-electron chi connectivity index (χ1n) is 3.87. The van der Waals surface area contributed by atoms with E-state index < -0.39 is 0 Å². The summed E-state index contributed by atoms with van der Waals surface area (Å²) in [5, 5.41) is 6.12. The van der Waals surface area contributed by atoms with Gasteiger partial charge in [-0.15, -0.1) is 12.4 Å². The fourth-order valence-electron chi connectivity index (χ4n) is 1.89. The smallest absolute Gasteiger partial charge is 0.240 e. The Morgan fingerprint density at radius 2 is 2.09 bits per heavy atom. The molecule has 2 N–H and O–H groups in total. The summed E-state index contributed by atoms with van der Waals surface area (Å²) < 4.78 is 0. The Balaban J connectivity index is 0.000000605. The van der Waals surface area contributed by atoms with Crippen LogP contribution in [0.4, 0.5) is 0 Å². The van der Waals surface area contributed by atoms with Crippen LogP contribution in [-0.2, 0) is 4.79 Å². The van der Waals surface area contributed by atoms with Gasteiger partial charge in [0.1, 0.15) is 0 Å². The summed E-state index contributed by atoms with van der Waals surface area (Å²) in [7, 11) is 0. The Hall–Kier alpha value is -0.280. The van der Waals surface area contributed by atoms with Gasteiger partial charge in [0, 0.05) is 6.54 Å². The number of carbonyl (C=O) groups is 1. The van der Waals surface area contributed by atoms with E-state index in [1.54, 1.807) is 0 Å². The molecule has 1 atom stereocenters. The molecule has 2 rings (SSSR count). The molecule has 0 aliphatic carbocycles. The number of hydrogen-bond donors (Lipinski definition) is 2. The second-order valence-corrected chi connectivity index (χ2v) is 3.12. The molecule has 0 aromatic rings. The molecule has 0 aromatic carbocycles. The molecule has 0 saturated carbocycles. The number of rotatable bonds is 0. The van der Waals surface area contributed by atoms with Crippen molar-refractivity contribution in [3.63, 3.8) is 0 Å². The van der Waals surface area contributed by atoms with E-state index in [1.807, 2.05) is 0 Å². The Labute approximate surface area is 72.3 Å². The van der Waals surface area contributed by atoms with E-state index in [9.17, 15) is 4.79 Å². The third-order valence-electron chi connectivity index (χ3n) is 2.52. The van der Waals surface area contributed by atoms with Crippen molar-refractivity contribution in [2.45, 2.75) is 24.8 Å². The molecular weight excluding hydrogens is 164 g/mol. The van der Waals surface area contributed by atoms with Crippen molar-refractivity contribution in [2.24, 2.45) is 0 Å². The maximum atomic E-state index is 11.2. The summed E-state index contributed by atoms with van der Waals surface area (Å²) in [6, 6.07) is 0. The van der Waals surface area contributed by atoms with Gasteiger partial charge in [-0.2, -0.15) is 0 Å². The van der Waals surface area contributed by atoms with E-state index in [2.05, 4.69) is 10.6 Å². The van der Waals surface area contributed by atoms with Crippen LogP contribution >= 0.6 is 12.4 Å². The molecule has 2 aliphatic heterocycles. The molecule has 2 heterocycles. The molecule has 0 aromatic heterocycles. The third-order valence-corrected chi connectivity index (χ3v) is 2.52. The zero-order valence-corrected chi connectivity index (χ0v) is 7.17. The maximum Gasteiger partial charge on any atom is 0.240 e. The van der Waals surface area contributed by atoms with Gasteiger partial charge in [0.05, 0.1) is 5.54 Å². The summed E-state index contributed by atoms with van der Waals surface area (Å²) in [6.45, 7) is 1.86. The second kappa shape index (κ2) is 2.99. The molecule has 4 heteroatoms. The number of amides is 1. The Morgan fingerprint density at radius 3 is 2.55 bits per heavy atom. The van der Waals surface area contributed by atoms with Crippen molar-refractivity contribution in [2.75, 3.05) is 13.1 Å². The first-order valence-corrected chi connectivity index (χ1v) is 3.87. The van der Waals surface area contributed by atoms with Crippen molar-refractivity contribution >= 4 is 18.3 Å². The minimum absolute atomic E-state index is 0. The quantitative estimate of drug-likeness (QED) is 0.548. The van der Waals surface area contributed by atoms with Crippen LogP contribution in [0.2, 0.25) is 0 Å². The standard InChI is InChI=1S/C7H12N2O.ClH/c10-6-7(3-5-8-6)2-1-4-9-7;/h9H,1-5H2,(H,8,10);1H/t7-;/m0./s1. The van der Waals surface area contributed by atoms with Gasteiger partial charge in [-0.3, -0.25) is 4.79 Å². The summed E-state index contributed by atoms with van der Waals surface area (Å²) in [6.07, 6.45) is 3.15. The highest BCUT2D eigenvalue weighted by atomic mass is 35.5. The minimum atomic E-state index is -0.153. The first-order chi connectivity index (χ1) is 4.83. The fourth-order valence-corrected chi connectivity index (χ4v) is 1.89. The monoisotopic (exact) mass is 176 g/mol. The lowest BCUT2D eigenvalue weighted by Crippen LogP contribution is -2.46. The van der Waals surface area contributed by atoms with Gasteiger partial charge in [-0.05, 0) is 25.8 Å². The Bertz CT molecular complexity index is 160. The van der Waals surface area contributed by atoms with Crippen LogP contribution in [0.25, 0.3) is 0 Å². The van der Waals surface area contributed by atoms with Crippen molar-refractivity contribution < 1.29 is 4.79 Å². The molecule has 1 spiro atoms. The SMILES string of the molecule is Cl.O=C1NCC[C@@]12CCCN2. The number of hydrogen-bond acceptors (Lipinski definition) is 2. The van der Waals surface area contributed by atoms with Crippen molar-refractivity contribution in [3.05, 3.63) is 0 Å². The summed E-state index contributed by atoms with van der Waals surface area (Å²) in [5.74, 6) is 0.213. The topological polar surface area (TPSA) is 41.1 Å². The van der Waals surface area contributed by atoms with Crippen molar-refractivity contribution in [3.8, 4) is 0 Å². The van der Waals surface area contributed by atoms with Crippen LogP contribution in [-0.4, -0.2) is 24.5 Å². The lowest BCUT2D eigenvalue weighted by molar-refractivity contribution is -0.124. The molecule has 1 amide bonds. The summed E-state index contributed by atoms with van der Waals surface area (Å²) in [5.41, 5.74) is -0.153. The van der Waals surface area contributed by atoms with E-state index in [4.69, 9.17) is 0 Å². The molecular formula is C7H13ClN2O. The molecule has 0 bridgehead atoms. The molecule has 2 aliphatic rings. The largest absolute Gasteiger partial charge is 0.354 e. The number of carbonyl (C=O) groups excluding carboxylic acids is 1. The summed E-state index contributed by atoms with van der Waals surface area (Å²) in [4.78, 5) is 11.2. The molecule has 0 radical (unpaired) electrons. The molecule has 64 valence electrons. The Kier molecular flexibility index (Phi) is 2.40. The number of halogens is 1. The minimum Gasteiger partial charge on any atom is -0.354 e. The van der Waals surface area contributed by atoms with Gasteiger partial charge < -0.3 is 10.6 Å². The predicted molar refractivity (Wildman–Crippen MR) is 44.8 cm³/mol. The van der Waals surface area contributed by atoms with Gasteiger partial charge in [0.15, 0.2) is 0 Å². The van der Waals surface area contributed by atoms with Crippen LogP contribution in [0.15, 0.2) is 0 Å². The maximum absolute atomic E-state index is 11.2. The van der Waals surface area contributed by atoms with Crippen LogP contribution < -0.4 is 10.6 Å². The summed E-state index contributed by atoms with van der Waals surface area (Å²) >= 11 is 0. The second-order valence-electron chi connectivity index (χ2n) is 3.12. The van der Waals surface area contributed by atoms with E-state index in [0.29, 0.717) is 0 Å². The van der Waals surface area contributed by atoms with E-state index in [1.165, 1.54) is 0 Å². The molecule has 2 saturated heterocycles. The van der Waals surface area contributed by atoms with Gasteiger partial charge in [-0.25, -0.2) is 0 Å². The first kappa shape index (κ1) is 8.81. The average molecular weight is 177 g/mol. The predicted octanol–water partition coefficient (Wildman–Crippen LogP) is 0.0503. The van der Waals surface area contributed by atoms with E-state index in [-0.39, 0.29) is 23.9 Å². The highest BCUT2D eigenvalue weighted by Crippen LogP contribution is 2.26. The lowest BCUT2D eigenvalue weighted by Gasteiger charge is -2.18. The van der Waals surface area contributed by atoms with Crippen LogP contribution in [0.5, 0.6) is 0 Å². The van der Waals surface area contributed by atoms with Gasteiger partial charge in [0.2, 0.25) is 5.91 Å². The van der Waals surface area contributed by atoms with Crippen LogP contribution in [0.1, 0.15) is 19.3 Å². The van der Waals surface area contributed by atoms with Gasteiger partial charge in [-0.1, -0.05) is 0 Å². The zero-order valence-electron chi connectivity index (χ0n) is 6.35. The fraction of sp³-hybridized carbons (Fsp3) is 0.857. The molecule has 11 heavy (non-hydrogen) atoms. The van der Waals surface area contributed by atoms with E-state index in [0.717, 1.165) is 32.4 Å². The normalized spacial score (nSPS) is 35.5. The van der Waals surface area contributed by atoms with Crippen molar-refractivity contribution in [1.82, 2.24) is 10.6 Å². The van der Waals surface area contributed by atoms with Crippen LogP contribution in [0, 0.1) is 0 Å². The highest BCUT2D eigenvalue weighted by Gasteiger charge is 2.43. The van der Waals surface area contributed by atoms with Crippen molar-refractivity contribution in [1.29, 1.82) is 0 Å². The zero-order chi connectivity index (χ0) is 7.03. The Morgan fingerprint density at radius 1 is 1.27 bits per heavy atom. The lowest BCUT2D eigenvalue weighted by atomic mass is 9.96. The molecule has 3 nitrogen and oxygen atoms in total. The third kappa shape index (κ3) is 1.23. The van der Waals surface area contributed by atoms with Gasteiger partial charge >= 0.3 is 0 Å².